The molecule has 2 saturated heterocycles. The summed E-state index contributed by atoms with van der Waals surface area (Å²) in [7, 11) is 1.64. The number of hydrogen-bond acceptors (Lipinski definition) is 4. The summed E-state index contributed by atoms with van der Waals surface area (Å²) in [6, 6.07) is 14.0. The normalized spacial score (nSPS) is 19.4. The number of ether oxygens (including phenoxy) is 1. The number of piperidine rings is 1. The molecule has 0 atom stereocenters. The van der Waals surface area contributed by atoms with Gasteiger partial charge in [-0.3, -0.25) is 14.7 Å². The predicted molar refractivity (Wildman–Crippen MR) is 134 cm³/mol. The molecule has 3 aromatic rings. The maximum Gasteiger partial charge on any atom is 0.253 e. The van der Waals surface area contributed by atoms with Crippen molar-refractivity contribution in [1.29, 1.82) is 0 Å². The van der Waals surface area contributed by atoms with Gasteiger partial charge < -0.3 is 14.5 Å². The lowest BCUT2D eigenvalue weighted by molar-refractivity contribution is -0.127. The fourth-order valence-electron chi connectivity index (χ4n) is 5.65. The second-order valence-corrected chi connectivity index (χ2v) is 10.0. The third-order valence-corrected chi connectivity index (χ3v) is 8.03. The highest BCUT2D eigenvalue weighted by atomic mass is 16.5. The SMILES string of the molecule is COc1cc(N2CCC3(CCN(C(=O)c4ccc(C5CC5)cc4)CC3)C2=O)ccc1-c1cn[nH]c1. The number of likely N-dealkylation sites (tertiary alicyclic amines) is 1. The van der Waals surface area contributed by atoms with E-state index >= 15 is 0 Å². The van der Waals surface area contributed by atoms with Crippen LogP contribution in [0.4, 0.5) is 5.69 Å². The van der Waals surface area contributed by atoms with Gasteiger partial charge in [0.05, 0.1) is 18.7 Å². The second-order valence-electron chi connectivity index (χ2n) is 10.0. The fraction of sp³-hybridized carbons (Fsp3) is 0.393. The molecule has 1 saturated carbocycles. The van der Waals surface area contributed by atoms with Gasteiger partial charge in [-0.05, 0) is 67.9 Å². The van der Waals surface area contributed by atoms with E-state index in [0.717, 1.165) is 28.8 Å². The number of aromatic amines is 1. The largest absolute Gasteiger partial charge is 0.496 e. The number of rotatable bonds is 5. The molecule has 1 aliphatic carbocycles. The Kier molecular flexibility index (Phi) is 5.35. The Hall–Kier alpha value is -3.61. The lowest BCUT2D eigenvalue weighted by Crippen LogP contribution is -2.46. The van der Waals surface area contributed by atoms with Gasteiger partial charge in [0.25, 0.3) is 5.91 Å². The zero-order valence-corrected chi connectivity index (χ0v) is 20.0. The van der Waals surface area contributed by atoms with Gasteiger partial charge in [-0.2, -0.15) is 5.10 Å². The van der Waals surface area contributed by atoms with Crippen LogP contribution in [0.5, 0.6) is 5.75 Å². The number of hydrogen-bond donors (Lipinski definition) is 1. The maximum absolute atomic E-state index is 13.6. The van der Waals surface area contributed by atoms with Crippen LogP contribution in [-0.2, 0) is 4.79 Å². The number of aromatic nitrogens is 2. The van der Waals surface area contributed by atoms with E-state index in [-0.39, 0.29) is 17.2 Å². The summed E-state index contributed by atoms with van der Waals surface area (Å²) in [5.41, 5.74) is 4.42. The second kappa shape index (κ2) is 8.56. The first-order valence-corrected chi connectivity index (χ1v) is 12.5. The van der Waals surface area contributed by atoms with Gasteiger partial charge in [0.1, 0.15) is 5.75 Å². The molecular weight excluding hydrogens is 440 g/mol. The van der Waals surface area contributed by atoms with E-state index in [2.05, 4.69) is 22.3 Å². The molecule has 180 valence electrons. The highest BCUT2D eigenvalue weighted by molar-refractivity contribution is 6.01. The van der Waals surface area contributed by atoms with Crippen molar-refractivity contribution in [2.75, 3.05) is 31.6 Å². The van der Waals surface area contributed by atoms with Crippen LogP contribution in [0, 0.1) is 5.41 Å². The van der Waals surface area contributed by atoms with E-state index in [1.807, 2.05) is 46.3 Å². The smallest absolute Gasteiger partial charge is 0.253 e. The lowest BCUT2D eigenvalue weighted by atomic mass is 9.77. The van der Waals surface area contributed by atoms with Crippen molar-refractivity contribution in [3.63, 3.8) is 0 Å². The van der Waals surface area contributed by atoms with Gasteiger partial charge in [0.2, 0.25) is 5.91 Å². The highest BCUT2D eigenvalue weighted by Gasteiger charge is 2.49. The molecule has 2 amide bonds. The standard InChI is InChI=1S/C28H30N4O3/c1-35-25-16-23(8-9-24(25)22-17-29-30-18-22)32-15-12-28(27(32)34)10-13-31(14-11-28)26(33)21-6-4-20(5-7-21)19-2-3-19/h4-9,16-19H,2-3,10-15H2,1H3,(H,29,30). The summed E-state index contributed by atoms with van der Waals surface area (Å²) in [6.07, 6.45) is 8.32. The number of nitrogens with one attached hydrogen (secondary N) is 1. The number of amides is 2. The maximum atomic E-state index is 13.6. The van der Waals surface area contributed by atoms with E-state index in [4.69, 9.17) is 4.74 Å². The van der Waals surface area contributed by atoms with Crippen molar-refractivity contribution < 1.29 is 14.3 Å². The Bertz CT molecular complexity index is 1240. The minimum Gasteiger partial charge on any atom is -0.496 e. The van der Waals surface area contributed by atoms with Crippen LogP contribution >= 0.6 is 0 Å². The number of benzene rings is 2. The molecule has 0 bridgehead atoms. The molecule has 2 aromatic carbocycles. The van der Waals surface area contributed by atoms with Crippen molar-refractivity contribution >= 4 is 17.5 Å². The number of anilines is 1. The summed E-state index contributed by atoms with van der Waals surface area (Å²) in [5, 5.41) is 6.85. The number of H-pyrrole nitrogens is 1. The van der Waals surface area contributed by atoms with Crippen molar-refractivity contribution in [1.82, 2.24) is 15.1 Å². The molecule has 2 aliphatic heterocycles. The first kappa shape index (κ1) is 21.9. The van der Waals surface area contributed by atoms with Crippen molar-refractivity contribution in [2.24, 2.45) is 5.41 Å². The van der Waals surface area contributed by atoms with E-state index in [1.165, 1.54) is 18.4 Å². The molecule has 7 heteroatoms. The Labute approximate surface area is 205 Å². The molecule has 3 heterocycles. The molecule has 1 N–H and O–H groups in total. The minimum absolute atomic E-state index is 0.0732. The van der Waals surface area contributed by atoms with Crippen LogP contribution in [0.15, 0.2) is 54.9 Å². The van der Waals surface area contributed by atoms with Gasteiger partial charge in [0.15, 0.2) is 0 Å². The molecular formula is C28H30N4O3. The van der Waals surface area contributed by atoms with Crippen LogP contribution < -0.4 is 9.64 Å². The van der Waals surface area contributed by atoms with Crippen LogP contribution in [0.1, 0.15) is 53.9 Å². The van der Waals surface area contributed by atoms with Crippen molar-refractivity contribution in [3.05, 3.63) is 66.0 Å². The molecule has 0 unspecified atom stereocenters. The highest BCUT2D eigenvalue weighted by Crippen LogP contribution is 2.45. The molecule has 35 heavy (non-hydrogen) atoms. The molecule has 3 fully saturated rings. The fourth-order valence-corrected chi connectivity index (χ4v) is 5.65. The summed E-state index contributed by atoms with van der Waals surface area (Å²) in [6.45, 7) is 1.92. The number of carbonyl (C=O) groups excluding carboxylic acids is 2. The molecule has 1 aromatic heterocycles. The molecule has 0 radical (unpaired) electrons. The Morgan fingerprint density at radius 3 is 2.46 bits per heavy atom. The summed E-state index contributed by atoms with van der Waals surface area (Å²) in [5.74, 6) is 1.64. The van der Waals surface area contributed by atoms with Gasteiger partial charge in [-0.1, -0.05) is 12.1 Å². The van der Waals surface area contributed by atoms with Crippen molar-refractivity contribution in [3.8, 4) is 16.9 Å². The Morgan fingerprint density at radius 2 is 1.80 bits per heavy atom. The lowest BCUT2D eigenvalue weighted by Gasteiger charge is -2.38. The van der Waals surface area contributed by atoms with Gasteiger partial charge >= 0.3 is 0 Å². The first-order chi connectivity index (χ1) is 17.1. The monoisotopic (exact) mass is 470 g/mol. The van der Waals surface area contributed by atoms with E-state index < -0.39 is 0 Å². The number of nitrogens with zero attached hydrogens (tertiary/aromatic N) is 3. The Morgan fingerprint density at radius 1 is 1.06 bits per heavy atom. The molecule has 6 rings (SSSR count). The van der Waals surface area contributed by atoms with E-state index in [9.17, 15) is 9.59 Å². The van der Waals surface area contributed by atoms with Crippen LogP contribution in [0.25, 0.3) is 11.1 Å². The topological polar surface area (TPSA) is 78.5 Å². The first-order valence-electron chi connectivity index (χ1n) is 12.5. The number of methoxy groups -OCH3 is 1. The average molecular weight is 471 g/mol. The van der Waals surface area contributed by atoms with Crippen LogP contribution in [0.2, 0.25) is 0 Å². The van der Waals surface area contributed by atoms with Gasteiger partial charge in [-0.25, -0.2) is 0 Å². The molecule has 7 nitrogen and oxygen atoms in total. The molecule has 1 spiro atoms. The third kappa shape index (κ3) is 3.89. The zero-order chi connectivity index (χ0) is 24.0. The summed E-state index contributed by atoms with van der Waals surface area (Å²) >= 11 is 0. The average Bonchev–Trinajstić information content (AvgIpc) is 3.52. The van der Waals surface area contributed by atoms with Crippen molar-refractivity contribution in [2.45, 2.75) is 38.0 Å². The van der Waals surface area contributed by atoms with Gasteiger partial charge in [0, 0.05) is 54.3 Å². The Balaban J connectivity index is 1.14. The third-order valence-electron chi connectivity index (χ3n) is 8.03. The zero-order valence-electron chi connectivity index (χ0n) is 20.0. The van der Waals surface area contributed by atoms with Crippen LogP contribution in [0.3, 0.4) is 0 Å². The van der Waals surface area contributed by atoms with Gasteiger partial charge in [-0.15, -0.1) is 0 Å². The molecule has 3 aliphatic rings. The van der Waals surface area contributed by atoms with E-state index in [0.29, 0.717) is 44.1 Å². The predicted octanol–water partition coefficient (Wildman–Crippen LogP) is 4.62. The van der Waals surface area contributed by atoms with Crippen LogP contribution in [-0.4, -0.2) is 53.7 Å². The summed E-state index contributed by atoms with van der Waals surface area (Å²) < 4.78 is 5.62. The summed E-state index contributed by atoms with van der Waals surface area (Å²) in [4.78, 5) is 30.5. The van der Waals surface area contributed by atoms with E-state index in [1.54, 1.807) is 13.3 Å². The quantitative estimate of drug-likeness (QED) is 0.590. The minimum atomic E-state index is -0.386. The number of carbonyl (C=O) groups is 2.